The van der Waals surface area contributed by atoms with E-state index in [0.29, 0.717) is 11.4 Å². The number of amides is 1. The number of benzene rings is 2. The third-order valence-corrected chi connectivity index (χ3v) is 5.80. The minimum atomic E-state index is -3.78. The summed E-state index contributed by atoms with van der Waals surface area (Å²) in [6.07, 6.45) is 0. The van der Waals surface area contributed by atoms with Crippen LogP contribution in [0.3, 0.4) is 0 Å². The predicted molar refractivity (Wildman–Crippen MR) is 98.1 cm³/mol. The Morgan fingerprint density at radius 1 is 1.04 bits per heavy atom. The van der Waals surface area contributed by atoms with E-state index < -0.39 is 10.0 Å². The second kappa shape index (κ2) is 7.33. The van der Waals surface area contributed by atoms with E-state index in [1.807, 2.05) is 0 Å². The first-order chi connectivity index (χ1) is 11.7. The lowest BCUT2D eigenvalue weighted by atomic mass is 10.2. The maximum atomic E-state index is 12.8. The van der Waals surface area contributed by atoms with Gasteiger partial charge in [0.15, 0.2) is 0 Å². The summed E-state index contributed by atoms with van der Waals surface area (Å²) in [6.45, 7) is 0. The number of hydrogen-bond acceptors (Lipinski definition) is 4. The average Bonchev–Trinajstić information content (AvgIpc) is 2.60. The van der Waals surface area contributed by atoms with Crippen LogP contribution in [-0.2, 0) is 10.0 Å². The minimum Gasteiger partial charge on any atom is -0.497 e. The van der Waals surface area contributed by atoms with Crippen molar-refractivity contribution in [1.82, 2.24) is 4.90 Å². The molecule has 0 saturated carbocycles. The summed E-state index contributed by atoms with van der Waals surface area (Å²) in [5, 5.41) is 0.262. The van der Waals surface area contributed by atoms with Gasteiger partial charge < -0.3 is 9.64 Å². The molecule has 25 heavy (non-hydrogen) atoms. The zero-order chi connectivity index (χ0) is 18.8. The summed E-state index contributed by atoms with van der Waals surface area (Å²) in [7, 11) is 2.35. The van der Waals surface area contributed by atoms with Gasteiger partial charge in [0.25, 0.3) is 15.9 Å². The summed E-state index contributed by atoms with van der Waals surface area (Å²) in [5.74, 6) is 0.258. The average molecular weight is 383 g/mol. The topological polar surface area (TPSA) is 66.9 Å². The molecule has 2 rings (SSSR count). The van der Waals surface area contributed by atoms with Gasteiger partial charge in [0.2, 0.25) is 0 Å². The van der Waals surface area contributed by atoms with Crippen molar-refractivity contribution in [3.63, 3.8) is 0 Å². The molecule has 0 aliphatic rings. The van der Waals surface area contributed by atoms with Crippen molar-refractivity contribution in [2.24, 2.45) is 0 Å². The minimum absolute atomic E-state index is 0.117. The second-order valence-electron chi connectivity index (χ2n) is 5.51. The molecule has 0 aromatic heterocycles. The molecular formula is C17H19ClN2O4S. The van der Waals surface area contributed by atoms with E-state index in [2.05, 4.69) is 0 Å². The highest BCUT2D eigenvalue weighted by atomic mass is 35.5. The molecule has 0 spiro atoms. The summed E-state index contributed by atoms with van der Waals surface area (Å²) in [6, 6.07) is 10.6. The van der Waals surface area contributed by atoms with Crippen molar-refractivity contribution in [3.8, 4) is 5.75 Å². The fourth-order valence-corrected chi connectivity index (χ4v) is 3.54. The second-order valence-corrected chi connectivity index (χ2v) is 7.89. The van der Waals surface area contributed by atoms with Gasteiger partial charge >= 0.3 is 0 Å². The number of sulfonamides is 1. The van der Waals surface area contributed by atoms with Crippen molar-refractivity contribution in [2.45, 2.75) is 4.90 Å². The third kappa shape index (κ3) is 3.88. The van der Waals surface area contributed by atoms with Crippen molar-refractivity contribution >= 4 is 33.2 Å². The molecule has 0 heterocycles. The summed E-state index contributed by atoms with van der Waals surface area (Å²) < 4.78 is 31.7. The molecule has 1 amide bonds. The van der Waals surface area contributed by atoms with Gasteiger partial charge in [-0.1, -0.05) is 11.6 Å². The Balaban J connectivity index is 2.43. The largest absolute Gasteiger partial charge is 0.497 e. The summed E-state index contributed by atoms with van der Waals surface area (Å²) in [5.41, 5.74) is 0.575. The Morgan fingerprint density at radius 2 is 1.64 bits per heavy atom. The van der Waals surface area contributed by atoms with E-state index in [4.69, 9.17) is 16.3 Å². The van der Waals surface area contributed by atoms with Crippen LogP contribution in [0.15, 0.2) is 47.4 Å². The molecule has 0 radical (unpaired) electrons. The van der Waals surface area contributed by atoms with E-state index in [9.17, 15) is 13.2 Å². The third-order valence-electron chi connectivity index (χ3n) is 3.67. The SMILES string of the molecule is COc1ccc(S(=O)(=O)N(C)c2ccc(Cl)c(C(=O)N(C)C)c2)cc1. The normalized spacial score (nSPS) is 11.1. The molecule has 2 aromatic carbocycles. The standard InChI is InChI=1S/C17H19ClN2O4S/c1-19(2)17(21)15-11-12(5-10-16(15)18)20(3)25(22,23)14-8-6-13(24-4)7-9-14/h5-11H,1-4H3. The number of methoxy groups -OCH3 is 1. The first-order valence-corrected chi connectivity index (χ1v) is 9.14. The van der Waals surface area contributed by atoms with Gasteiger partial charge in [-0.2, -0.15) is 0 Å². The van der Waals surface area contributed by atoms with Crippen molar-refractivity contribution < 1.29 is 17.9 Å². The van der Waals surface area contributed by atoms with Crippen LogP contribution in [0.5, 0.6) is 5.75 Å². The van der Waals surface area contributed by atoms with Gasteiger partial charge in [0.1, 0.15) is 5.75 Å². The van der Waals surface area contributed by atoms with E-state index in [-0.39, 0.29) is 21.4 Å². The van der Waals surface area contributed by atoms with Crippen LogP contribution in [0.25, 0.3) is 0 Å². The molecule has 0 atom stereocenters. The number of ether oxygens (including phenoxy) is 1. The lowest BCUT2D eigenvalue weighted by Crippen LogP contribution is -2.27. The van der Waals surface area contributed by atoms with Crippen LogP contribution in [0.1, 0.15) is 10.4 Å². The van der Waals surface area contributed by atoms with E-state index >= 15 is 0 Å². The van der Waals surface area contributed by atoms with Gasteiger partial charge in [0, 0.05) is 21.1 Å². The Bertz CT molecular complexity index is 880. The zero-order valence-corrected chi connectivity index (χ0v) is 15.9. The van der Waals surface area contributed by atoms with Crippen LogP contribution >= 0.6 is 11.6 Å². The number of hydrogen-bond donors (Lipinski definition) is 0. The Labute approximate surface area is 152 Å². The number of anilines is 1. The van der Waals surface area contributed by atoms with E-state index in [0.717, 1.165) is 4.31 Å². The highest BCUT2D eigenvalue weighted by Gasteiger charge is 2.23. The summed E-state index contributed by atoms with van der Waals surface area (Å²) >= 11 is 6.08. The molecule has 134 valence electrons. The van der Waals surface area contributed by atoms with E-state index in [1.54, 1.807) is 32.3 Å². The fraction of sp³-hybridized carbons (Fsp3) is 0.235. The molecule has 0 unspecified atom stereocenters. The van der Waals surface area contributed by atoms with Crippen molar-refractivity contribution in [2.75, 3.05) is 32.6 Å². The number of halogens is 1. The van der Waals surface area contributed by atoms with Gasteiger partial charge in [0.05, 0.1) is 28.3 Å². The maximum absolute atomic E-state index is 12.8. The van der Waals surface area contributed by atoms with Crippen molar-refractivity contribution in [1.29, 1.82) is 0 Å². The lowest BCUT2D eigenvalue weighted by Gasteiger charge is -2.21. The molecule has 0 fully saturated rings. The first-order valence-electron chi connectivity index (χ1n) is 7.32. The fourth-order valence-electron chi connectivity index (χ4n) is 2.16. The van der Waals surface area contributed by atoms with Gasteiger partial charge in [-0.3, -0.25) is 9.10 Å². The molecule has 0 aliphatic carbocycles. The molecule has 0 aliphatic heterocycles. The molecule has 0 bridgehead atoms. The van der Waals surface area contributed by atoms with Gasteiger partial charge in [-0.15, -0.1) is 0 Å². The Kier molecular flexibility index (Phi) is 5.59. The van der Waals surface area contributed by atoms with Crippen LogP contribution in [0.4, 0.5) is 5.69 Å². The Morgan fingerprint density at radius 3 is 2.16 bits per heavy atom. The highest BCUT2D eigenvalue weighted by Crippen LogP contribution is 2.28. The lowest BCUT2D eigenvalue weighted by molar-refractivity contribution is 0.0828. The summed E-state index contributed by atoms with van der Waals surface area (Å²) in [4.78, 5) is 13.7. The number of carbonyl (C=O) groups is 1. The number of rotatable bonds is 5. The smallest absolute Gasteiger partial charge is 0.264 e. The van der Waals surface area contributed by atoms with Crippen molar-refractivity contribution in [3.05, 3.63) is 53.1 Å². The molecule has 0 N–H and O–H groups in total. The zero-order valence-electron chi connectivity index (χ0n) is 14.4. The maximum Gasteiger partial charge on any atom is 0.264 e. The van der Waals surface area contributed by atoms with Gasteiger partial charge in [-0.25, -0.2) is 8.42 Å². The quantitative estimate of drug-likeness (QED) is 0.797. The highest BCUT2D eigenvalue weighted by molar-refractivity contribution is 7.92. The van der Waals surface area contributed by atoms with Gasteiger partial charge in [-0.05, 0) is 42.5 Å². The Hall–Kier alpha value is -2.25. The van der Waals surface area contributed by atoms with E-state index in [1.165, 1.54) is 43.3 Å². The molecule has 6 nitrogen and oxygen atoms in total. The number of carbonyl (C=O) groups excluding carboxylic acids is 1. The molecular weight excluding hydrogens is 364 g/mol. The van der Waals surface area contributed by atoms with Crippen LogP contribution in [0.2, 0.25) is 5.02 Å². The monoisotopic (exact) mass is 382 g/mol. The molecule has 8 heteroatoms. The predicted octanol–water partition coefficient (Wildman–Crippen LogP) is 2.88. The molecule has 0 saturated heterocycles. The number of nitrogens with zero attached hydrogens (tertiary/aromatic N) is 2. The first kappa shape index (κ1) is 19.1. The van der Waals surface area contributed by atoms with Crippen LogP contribution in [-0.4, -0.2) is 47.5 Å². The molecule has 2 aromatic rings. The van der Waals surface area contributed by atoms with Crippen LogP contribution < -0.4 is 9.04 Å². The van der Waals surface area contributed by atoms with Crippen LogP contribution in [0, 0.1) is 0 Å².